The Balaban J connectivity index is 1.54. The summed E-state index contributed by atoms with van der Waals surface area (Å²) in [6, 6.07) is 6.76. The van der Waals surface area contributed by atoms with E-state index in [2.05, 4.69) is 18.8 Å². The van der Waals surface area contributed by atoms with E-state index < -0.39 is 17.2 Å². The maximum atomic E-state index is 12.4. The van der Waals surface area contributed by atoms with Crippen molar-refractivity contribution in [3.8, 4) is 11.8 Å². The third kappa shape index (κ3) is 7.75. The zero-order valence-electron chi connectivity index (χ0n) is 19.8. The van der Waals surface area contributed by atoms with Gasteiger partial charge in [-0.1, -0.05) is 70.1 Å². The molecule has 5 heteroatoms. The molecule has 0 aliphatic heterocycles. The van der Waals surface area contributed by atoms with Crippen LogP contribution < -0.4 is 5.63 Å². The highest BCUT2D eigenvalue weighted by Crippen LogP contribution is 2.27. The topological polar surface area (TPSA) is 76.7 Å². The molecular formula is C28H36O5. The first-order valence-corrected chi connectivity index (χ1v) is 12.5. The fourth-order valence-electron chi connectivity index (χ4n) is 4.26. The highest BCUT2D eigenvalue weighted by atomic mass is 16.5. The third-order valence-electron chi connectivity index (χ3n) is 6.31. The first-order valence-electron chi connectivity index (χ1n) is 12.5. The van der Waals surface area contributed by atoms with Crippen molar-refractivity contribution in [2.24, 2.45) is 0 Å². The lowest BCUT2D eigenvalue weighted by Gasteiger charge is -2.26. The lowest BCUT2D eigenvalue weighted by Crippen LogP contribution is -2.29. The van der Waals surface area contributed by atoms with E-state index in [0.717, 1.165) is 38.5 Å². The summed E-state index contributed by atoms with van der Waals surface area (Å²) in [5.74, 6) is 5.35. The second-order valence-electron chi connectivity index (χ2n) is 9.15. The van der Waals surface area contributed by atoms with Gasteiger partial charge < -0.3 is 14.3 Å². The monoisotopic (exact) mass is 452 g/mol. The number of hydrogen-bond donors (Lipinski definition) is 1. The van der Waals surface area contributed by atoms with Crippen LogP contribution in [0.25, 0.3) is 11.0 Å². The Morgan fingerprint density at radius 1 is 1.03 bits per heavy atom. The zero-order valence-corrected chi connectivity index (χ0v) is 19.8. The Morgan fingerprint density at radius 3 is 2.45 bits per heavy atom. The summed E-state index contributed by atoms with van der Waals surface area (Å²) in [7, 11) is 0. The fraction of sp³-hybridized carbons (Fsp3) is 0.571. The number of unbranched alkanes of at least 4 members (excludes halogenated alkanes) is 7. The SMILES string of the molecule is CCCCCCCCCCOC(=O)c1cc2ccc(C#CC3(O)CCCCC3)cc2oc1=O. The van der Waals surface area contributed by atoms with Gasteiger partial charge in [-0.05, 0) is 56.4 Å². The average molecular weight is 453 g/mol. The van der Waals surface area contributed by atoms with Crippen molar-refractivity contribution in [1.29, 1.82) is 0 Å². The Hall–Kier alpha value is -2.58. The molecule has 0 bridgehead atoms. The second kappa shape index (κ2) is 12.6. The van der Waals surface area contributed by atoms with E-state index in [1.165, 1.54) is 38.2 Å². The van der Waals surface area contributed by atoms with Crippen molar-refractivity contribution in [2.75, 3.05) is 6.61 Å². The van der Waals surface area contributed by atoms with Gasteiger partial charge in [-0.3, -0.25) is 0 Å². The number of ether oxygens (including phenoxy) is 1. The minimum absolute atomic E-state index is 0.0857. The molecule has 1 aromatic heterocycles. The number of aliphatic hydroxyl groups is 1. The maximum absolute atomic E-state index is 12.4. The molecule has 1 fully saturated rings. The Kier molecular flexibility index (Phi) is 9.57. The molecule has 1 aliphatic carbocycles. The van der Waals surface area contributed by atoms with Gasteiger partial charge in [0.15, 0.2) is 0 Å². The van der Waals surface area contributed by atoms with E-state index in [-0.39, 0.29) is 5.56 Å². The van der Waals surface area contributed by atoms with E-state index in [4.69, 9.17) is 9.15 Å². The molecule has 0 saturated heterocycles. The minimum Gasteiger partial charge on any atom is -0.462 e. The van der Waals surface area contributed by atoms with Gasteiger partial charge in [-0.25, -0.2) is 9.59 Å². The van der Waals surface area contributed by atoms with E-state index in [0.29, 0.717) is 36.0 Å². The third-order valence-corrected chi connectivity index (χ3v) is 6.31. The van der Waals surface area contributed by atoms with Crippen molar-refractivity contribution in [3.05, 3.63) is 45.8 Å². The summed E-state index contributed by atoms with van der Waals surface area (Å²) in [5, 5.41) is 11.2. The molecule has 2 aromatic rings. The normalized spacial score (nSPS) is 15.1. The smallest absolute Gasteiger partial charge is 0.351 e. The predicted molar refractivity (Wildman–Crippen MR) is 130 cm³/mol. The average Bonchev–Trinajstić information content (AvgIpc) is 2.81. The van der Waals surface area contributed by atoms with E-state index in [1.807, 2.05) is 0 Å². The van der Waals surface area contributed by atoms with Gasteiger partial charge in [-0.15, -0.1) is 0 Å². The molecule has 0 spiro atoms. The molecule has 1 saturated carbocycles. The van der Waals surface area contributed by atoms with Gasteiger partial charge in [0.25, 0.3) is 0 Å². The molecule has 33 heavy (non-hydrogen) atoms. The van der Waals surface area contributed by atoms with Gasteiger partial charge in [0, 0.05) is 10.9 Å². The Morgan fingerprint density at radius 2 is 1.73 bits per heavy atom. The molecule has 3 rings (SSSR count). The van der Waals surface area contributed by atoms with Crippen molar-refractivity contribution in [1.82, 2.24) is 0 Å². The number of rotatable bonds is 10. The van der Waals surface area contributed by atoms with Crippen molar-refractivity contribution in [2.45, 2.75) is 96.0 Å². The summed E-state index contributed by atoms with van der Waals surface area (Å²) in [5.41, 5.74) is -0.704. The van der Waals surface area contributed by atoms with Gasteiger partial charge >= 0.3 is 11.6 Å². The highest BCUT2D eigenvalue weighted by molar-refractivity contribution is 5.93. The summed E-state index contributed by atoms with van der Waals surface area (Å²) in [4.78, 5) is 24.7. The first-order chi connectivity index (χ1) is 16.0. The molecule has 5 nitrogen and oxygen atoms in total. The van der Waals surface area contributed by atoms with E-state index in [9.17, 15) is 14.7 Å². The number of carbonyl (C=O) groups is 1. The molecule has 1 aromatic carbocycles. The molecule has 0 radical (unpaired) electrons. The predicted octanol–water partition coefficient (Wildman–Crippen LogP) is 6.14. The van der Waals surface area contributed by atoms with Crippen LogP contribution in [0.4, 0.5) is 0 Å². The van der Waals surface area contributed by atoms with Gasteiger partial charge in [0.2, 0.25) is 0 Å². The van der Waals surface area contributed by atoms with Gasteiger partial charge in [0.1, 0.15) is 16.7 Å². The number of esters is 1. The Bertz CT molecular complexity index is 1030. The first kappa shape index (κ1) is 25.1. The summed E-state index contributed by atoms with van der Waals surface area (Å²) in [6.45, 7) is 2.52. The fourth-order valence-corrected chi connectivity index (χ4v) is 4.26. The van der Waals surface area contributed by atoms with Crippen LogP contribution in [0.15, 0.2) is 33.5 Å². The lowest BCUT2D eigenvalue weighted by atomic mass is 9.85. The highest BCUT2D eigenvalue weighted by Gasteiger charge is 2.26. The van der Waals surface area contributed by atoms with Crippen LogP contribution in [0.1, 0.15) is 106 Å². The summed E-state index contributed by atoms with van der Waals surface area (Å²) < 4.78 is 10.7. The number of carbonyl (C=O) groups excluding carboxylic acids is 1. The van der Waals surface area contributed by atoms with Gasteiger partial charge in [0.05, 0.1) is 6.61 Å². The van der Waals surface area contributed by atoms with Crippen LogP contribution in [0.2, 0.25) is 0 Å². The molecule has 1 aliphatic rings. The van der Waals surface area contributed by atoms with Crippen LogP contribution >= 0.6 is 0 Å². The molecule has 178 valence electrons. The van der Waals surface area contributed by atoms with Crippen molar-refractivity contribution < 1.29 is 19.1 Å². The van der Waals surface area contributed by atoms with Crippen LogP contribution in [0, 0.1) is 11.8 Å². The van der Waals surface area contributed by atoms with E-state index >= 15 is 0 Å². The number of benzene rings is 1. The minimum atomic E-state index is -0.934. The van der Waals surface area contributed by atoms with Crippen LogP contribution in [-0.4, -0.2) is 23.3 Å². The molecule has 0 unspecified atom stereocenters. The van der Waals surface area contributed by atoms with Crippen LogP contribution in [0.5, 0.6) is 0 Å². The number of fused-ring (bicyclic) bond motifs is 1. The lowest BCUT2D eigenvalue weighted by molar-refractivity contribution is 0.0492. The largest absolute Gasteiger partial charge is 0.462 e. The molecule has 1 heterocycles. The zero-order chi connectivity index (χ0) is 23.5. The molecule has 0 atom stereocenters. The van der Waals surface area contributed by atoms with Crippen molar-refractivity contribution >= 4 is 16.9 Å². The standard InChI is InChI=1S/C28H36O5/c1-2-3-4-5-6-7-8-12-19-32-26(29)24-21-23-14-13-22(20-25(23)33-27(24)30)15-18-28(31)16-10-9-11-17-28/h13-14,20-21,31H,2-12,16-17,19H2,1H3. The molecule has 0 amide bonds. The quantitative estimate of drug-likeness (QED) is 0.203. The van der Waals surface area contributed by atoms with Crippen LogP contribution in [0.3, 0.4) is 0 Å². The molecular weight excluding hydrogens is 416 g/mol. The second-order valence-corrected chi connectivity index (χ2v) is 9.15. The maximum Gasteiger partial charge on any atom is 0.351 e. The molecule has 1 N–H and O–H groups in total. The van der Waals surface area contributed by atoms with Crippen LogP contribution in [-0.2, 0) is 4.74 Å². The summed E-state index contributed by atoms with van der Waals surface area (Å²) >= 11 is 0. The van der Waals surface area contributed by atoms with E-state index in [1.54, 1.807) is 18.2 Å². The number of hydrogen-bond acceptors (Lipinski definition) is 5. The van der Waals surface area contributed by atoms with Crippen molar-refractivity contribution in [3.63, 3.8) is 0 Å². The Labute approximate surface area is 196 Å². The van der Waals surface area contributed by atoms with Gasteiger partial charge in [-0.2, -0.15) is 0 Å². The summed E-state index contributed by atoms with van der Waals surface area (Å²) in [6.07, 6.45) is 13.7.